The molecule has 26 heavy (non-hydrogen) atoms. The summed E-state index contributed by atoms with van der Waals surface area (Å²) in [5, 5.41) is 0.234. The van der Waals surface area contributed by atoms with Crippen LogP contribution in [0.15, 0.2) is 41.4 Å². The second-order valence-corrected chi connectivity index (χ2v) is 7.53. The molecule has 2 amide bonds. The van der Waals surface area contributed by atoms with Crippen LogP contribution in [0.1, 0.15) is 20.8 Å². The highest BCUT2D eigenvalue weighted by atomic mass is 35.5. The molecule has 1 aromatic heterocycles. The third kappa shape index (κ3) is 3.28. The Morgan fingerprint density at radius 1 is 1.23 bits per heavy atom. The number of halogens is 1. The van der Waals surface area contributed by atoms with Gasteiger partial charge in [0.15, 0.2) is 0 Å². The number of carbonyl (C=O) groups excluding carboxylic acids is 2. The average molecular weight is 396 g/mol. The molecular weight excluding hydrogens is 382 g/mol. The Morgan fingerprint density at radius 2 is 2.00 bits per heavy atom. The number of hydrogen-bond acceptors (Lipinski definition) is 6. The van der Waals surface area contributed by atoms with Crippen LogP contribution in [0, 0.1) is 0 Å². The van der Waals surface area contributed by atoms with Gasteiger partial charge in [-0.1, -0.05) is 11.6 Å². The van der Waals surface area contributed by atoms with E-state index in [0.29, 0.717) is 0 Å². The topological polar surface area (TPSA) is 106 Å². The van der Waals surface area contributed by atoms with E-state index in [9.17, 15) is 18.0 Å². The third-order valence-electron chi connectivity index (χ3n) is 3.77. The van der Waals surface area contributed by atoms with E-state index in [1.54, 1.807) is 6.07 Å². The van der Waals surface area contributed by atoms with E-state index in [1.807, 2.05) is 0 Å². The Hall–Kier alpha value is -2.49. The molecule has 0 saturated heterocycles. The van der Waals surface area contributed by atoms with Gasteiger partial charge in [-0.05, 0) is 30.3 Å². The molecule has 3 rings (SSSR count). The summed E-state index contributed by atoms with van der Waals surface area (Å²) >= 11 is 5.86. The Labute approximate surface area is 154 Å². The number of aromatic nitrogens is 1. The summed E-state index contributed by atoms with van der Waals surface area (Å²) in [6.45, 7) is -0.292. The summed E-state index contributed by atoms with van der Waals surface area (Å²) in [7, 11) is -2.60. The molecule has 136 valence electrons. The van der Waals surface area contributed by atoms with E-state index in [0.717, 1.165) is 4.90 Å². The minimum Gasteiger partial charge on any atom is -0.495 e. The molecule has 0 unspecified atom stereocenters. The van der Waals surface area contributed by atoms with E-state index in [2.05, 4.69) is 9.71 Å². The van der Waals surface area contributed by atoms with Gasteiger partial charge in [-0.25, -0.2) is 13.1 Å². The lowest BCUT2D eigenvalue weighted by atomic mass is 10.2. The molecule has 1 aromatic carbocycles. The van der Waals surface area contributed by atoms with Crippen LogP contribution in [-0.2, 0) is 10.0 Å². The monoisotopic (exact) mass is 395 g/mol. The fourth-order valence-corrected chi connectivity index (χ4v) is 4.00. The van der Waals surface area contributed by atoms with Crippen LogP contribution in [0.5, 0.6) is 5.75 Å². The first-order chi connectivity index (χ1) is 12.3. The minimum absolute atomic E-state index is 0.0665. The van der Waals surface area contributed by atoms with E-state index in [-0.39, 0.29) is 40.0 Å². The van der Waals surface area contributed by atoms with Crippen molar-refractivity contribution < 1.29 is 22.7 Å². The van der Waals surface area contributed by atoms with Gasteiger partial charge in [-0.15, -0.1) is 0 Å². The second kappa shape index (κ2) is 7.02. The number of methoxy groups -OCH3 is 1. The highest BCUT2D eigenvalue weighted by Crippen LogP contribution is 2.27. The van der Waals surface area contributed by atoms with E-state index in [4.69, 9.17) is 16.3 Å². The van der Waals surface area contributed by atoms with Crippen LogP contribution in [0.4, 0.5) is 0 Å². The number of nitrogens with one attached hydrogen (secondary N) is 1. The van der Waals surface area contributed by atoms with Crippen molar-refractivity contribution in [3.05, 3.63) is 52.8 Å². The predicted octanol–water partition coefficient (Wildman–Crippen LogP) is 1.32. The number of rotatable bonds is 6. The normalized spacial score (nSPS) is 13.8. The summed E-state index contributed by atoms with van der Waals surface area (Å²) in [5.41, 5.74) is 0.272. The smallest absolute Gasteiger partial charge is 0.280 e. The van der Waals surface area contributed by atoms with Gasteiger partial charge in [0.2, 0.25) is 10.0 Å². The van der Waals surface area contributed by atoms with Crippen molar-refractivity contribution in [3.63, 3.8) is 0 Å². The maximum Gasteiger partial charge on any atom is 0.280 e. The van der Waals surface area contributed by atoms with Gasteiger partial charge in [-0.2, -0.15) is 0 Å². The van der Waals surface area contributed by atoms with Crippen LogP contribution in [0.25, 0.3) is 0 Å². The highest BCUT2D eigenvalue weighted by molar-refractivity contribution is 7.89. The van der Waals surface area contributed by atoms with Crippen molar-refractivity contribution in [2.75, 3.05) is 20.2 Å². The number of carbonyl (C=O) groups is 2. The lowest BCUT2D eigenvalue weighted by Crippen LogP contribution is -2.38. The minimum atomic E-state index is -3.94. The zero-order valence-electron chi connectivity index (χ0n) is 13.6. The lowest BCUT2D eigenvalue weighted by molar-refractivity contribution is 0.0655. The van der Waals surface area contributed by atoms with Crippen molar-refractivity contribution in [1.82, 2.24) is 14.6 Å². The molecule has 2 heterocycles. The molecule has 1 aliphatic heterocycles. The molecule has 0 bridgehead atoms. The van der Waals surface area contributed by atoms with Gasteiger partial charge in [0.05, 0.1) is 12.7 Å². The summed E-state index contributed by atoms with van der Waals surface area (Å²) in [4.78, 5) is 29.2. The molecule has 0 aliphatic carbocycles. The highest BCUT2D eigenvalue weighted by Gasteiger charge is 2.36. The number of nitrogens with zero attached hydrogens (tertiary/aromatic N) is 2. The molecule has 10 heteroatoms. The summed E-state index contributed by atoms with van der Waals surface area (Å²) < 4.78 is 32.3. The molecular formula is C16H14ClN3O5S. The molecule has 0 radical (unpaired) electrons. The van der Waals surface area contributed by atoms with Crippen LogP contribution in [0.2, 0.25) is 5.02 Å². The van der Waals surface area contributed by atoms with Crippen molar-refractivity contribution >= 4 is 33.4 Å². The van der Waals surface area contributed by atoms with E-state index < -0.39 is 21.8 Å². The lowest BCUT2D eigenvalue weighted by Gasteiger charge is -2.15. The van der Waals surface area contributed by atoms with Crippen LogP contribution in [-0.4, -0.2) is 50.3 Å². The molecule has 0 saturated carbocycles. The fourth-order valence-electron chi connectivity index (χ4n) is 2.55. The van der Waals surface area contributed by atoms with Crippen molar-refractivity contribution in [3.8, 4) is 5.75 Å². The number of imide groups is 1. The first-order valence-corrected chi connectivity index (χ1v) is 9.35. The van der Waals surface area contributed by atoms with Crippen LogP contribution < -0.4 is 9.46 Å². The predicted molar refractivity (Wildman–Crippen MR) is 92.8 cm³/mol. The SMILES string of the molecule is COc1ccc(Cl)cc1S(=O)(=O)NCCN1C(=O)c2cccnc2C1=O. The zero-order chi connectivity index (χ0) is 18.9. The molecule has 2 aromatic rings. The standard InChI is InChI=1S/C16H14ClN3O5S/c1-25-12-5-4-10(17)9-13(12)26(23,24)19-7-8-20-15(21)11-3-2-6-18-14(11)16(20)22/h2-6,9,19H,7-8H2,1H3. The van der Waals surface area contributed by atoms with Gasteiger partial charge in [0.1, 0.15) is 16.3 Å². The van der Waals surface area contributed by atoms with Gasteiger partial charge in [-0.3, -0.25) is 19.5 Å². The summed E-state index contributed by atoms with van der Waals surface area (Å²) in [6, 6.07) is 7.26. The van der Waals surface area contributed by atoms with Gasteiger partial charge in [0, 0.05) is 24.3 Å². The largest absolute Gasteiger partial charge is 0.495 e. The molecule has 8 nitrogen and oxygen atoms in total. The molecule has 0 spiro atoms. The zero-order valence-corrected chi connectivity index (χ0v) is 15.2. The molecule has 1 N–H and O–H groups in total. The average Bonchev–Trinajstić information content (AvgIpc) is 2.87. The molecule has 0 atom stereocenters. The van der Waals surface area contributed by atoms with Crippen molar-refractivity contribution in [2.45, 2.75) is 4.90 Å². The Bertz CT molecular complexity index is 958. The fraction of sp³-hybridized carbons (Fsp3) is 0.188. The van der Waals surface area contributed by atoms with E-state index in [1.165, 1.54) is 37.6 Å². The summed E-state index contributed by atoms with van der Waals surface area (Å²) in [6.07, 6.45) is 1.42. The van der Waals surface area contributed by atoms with Crippen molar-refractivity contribution in [1.29, 1.82) is 0 Å². The maximum absolute atomic E-state index is 12.5. The number of pyridine rings is 1. The van der Waals surface area contributed by atoms with Gasteiger partial charge in [0.25, 0.3) is 11.8 Å². The second-order valence-electron chi connectivity index (χ2n) is 5.35. The molecule has 0 fully saturated rings. The number of sulfonamides is 1. The quantitative estimate of drug-likeness (QED) is 0.739. The van der Waals surface area contributed by atoms with Crippen molar-refractivity contribution in [2.24, 2.45) is 0 Å². The Morgan fingerprint density at radius 3 is 2.69 bits per heavy atom. The Balaban J connectivity index is 1.72. The number of fused-ring (bicyclic) bond motifs is 1. The first-order valence-electron chi connectivity index (χ1n) is 7.49. The number of hydrogen-bond donors (Lipinski definition) is 1. The van der Waals surface area contributed by atoms with Crippen LogP contribution >= 0.6 is 11.6 Å². The first kappa shape index (κ1) is 18.3. The Kier molecular flexibility index (Phi) is 4.94. The van der Waals surface area contributed by atoms with Gasteiger partial charge >= 0.3 is 0 Å². The third-order valence-corrected chi connectivity index (χ3v) is 5.49. The number of amides is 2. The van der Waals surface area contributed by atoms with Crippen LogP contribution in [0.3, 0.4) is 0 Å². The number of benzene rings is 1. The number of ether oxygens (including phenoxy) is 1. The summed E-state index contributed by atoms with van der Waals surface area (Å²) in [5.74, 6) is -0.922. The van der Waals surface area contributed by atoms with Gasteiger partial charge < -0.3 is 4.74 Å². The molecule has 1 aliphatic rings. The maximum atomic E-state index is 12.5. The van der Waals surface area contributed by atoms with E-state index >= 15 is 0 Å².